The summed E-state index contributed by atoms with van der Waals surface area (Å²) in [6, 6.07) is 0. The van der Waals surface area contributed by atoms with Gasteiger partial charge in [0.2, 0.25) is 0 Å². The molecule has 13 heavy (non-hydrogen) atoms. The molecule has 4 rings (SSSR count). The first-order valence-corrected chi connectivity index (χ1v) is 5.92. The van der Waals surface area contributed by atoms with Crippen molar-refractivity contribution in [3.8, 4) is 0 Å². The summed E-state index contributed by atoms with van der Waals surface area (Å²) < 4.78 is 0. The van der Waals surface area contributed by atoms with Gasteiger partial charge in [-0.15, -0.1) is 0 Å². The summed E-state index contributed by atoms with van der Waals surface area (Å²) >= 11 is 0. The van der Waals surface area contributed by atoms with Gasteiger partial charge in [-0.2, -0.15) is 0 Å². The number of allylic oxidation sites excluding steroid dienone is 2. The third-order valence-electron chi connectivity index (χ3n) is 5.70. The van der Waals surface area contributed by atoms with Crippen molar-refractivity contribution in [3.63, 3.8) is 0 Å². The molecule has 0 bridgehead atoms. The van der Waals surface area contributed by atoms with Crippen LogP contribution in [0, 0.1) is 41.4 Å². The second-order valence-electron chi connectivity index (χ2n) is 5.96. The van der Waals surface area contributed by atoms with E-state index < -0.39 is 0 Å². The molecule has 7 atom stereocenters. The van der Waals surface area contributed by atoms with E-state index in [1.807, 2.05) is 5.57 Å². The van der Waals surface area contributed by atoms with Crippen LogP contribution in [0.1, 0.15) is 27.2 Å². The lowest BCUT2D eigenvalue weighted by atomic mass is 10.1. The van der Waals surface area contributed by atoms with Gasteiger partial charge in [-0.3, -0.25) is 0 Å². The first kappa shape index (κ1) is 7.09. The molecule has 0 heteroatoms. The summed E-state index contributed by atoms with van der Waals surface area (Å²) in [5.74, 6) is 7.74. The second-order valence-corrected chi connectivity index (χ2v) is 5.96. The van der Waals surface area contributed by atoms with E-state index in [1.54, 1.807) is 12.0 Å². The summed E-state index contributed by atoms with van der Waals surface area (Å²) in [7, 11) is 0. The molecule has 0 radical (unpaired) electrons. The van der Waals surface area contributed by atoms with Crippen LogP contribution in [0.2, 0.25) is 0 Å². The van der Waals surface area contributed by atoms with Crippen LogP contribution in [0.15, 0.2) is 11.1 Å². The molecule has 4 aliphatic carbocycles. The quantitative estimate of drug-likeness (QED) is 0.536. The minimum atomic E-state index is 0.906. The Labute approximate surface area is 80.4 Å². The molecule has 0 aromatic heterocycles. The van der Waals surface area contributed by atoms with E-state index in [9.17, 15) is 0 Å². The average molecular weight is 174 g/mol. The van der Waals surface area contributed by atoms with Gasteiger partial charge in [-0.1, -0.05) is 25.0 Å². The van der Waals surface area contributed by atoms with E-state index in [-0.39, 0.29) is 0 Å². The zero-order chi connectivity index (χ0) is 8.90. The van der Waals surface area contributed by atoms with E-state index in [0.717, 1.165) is 29.6 Å². The molecule has 3 fully saturated rings. The van der Waals surface area contributed by atoms with Crippen LogP contribution in [-0.4, -0.2) is 0 Å². The van der Waals surface area contributed by atoms with Gasteiger partial charge in [0.15, 0.2) is 0 Å². The Morgan fingerprint density at radius 1 is 1.08 bits per heavy atom. The Morgan fingerprint density at radius 3 is 2.31 bits per heavy atom. The highest BCUT2D eigenvalue weighted by atomic mass is 14.8. The summed E-state index contributed by atoms with van der Waals surface area (Å²) in [4.78, 5) is 0. The summed E-state index contributed by atoms with van der Waals surface area (Å²) in [5, 5.41) is 0. The van der Waals surface area contributed by atoms with E-state index in [1.165, 1.54) is 11.8 Å². The molecule has 3 saturated carbocycles. The van der Waals surface area contributed by atoms with Crippen LogP contribution >= 0.6 is 0 Å². The molecule has 0 aliphatic heterocycles. The van der Waals surface area contributed by atoms with Gasteiger partial charge in [0, 0.05) is 0 Å². The average Bonchev–Trinajstić information content (AvgIpc) is 3.00. The fourth-order valence-electron chi connectivity index (χ4n) is 4.63. The van der Waals surface area contributed by atoms with Crippen molar-refractivity contribution >= 4 is 0 Å². The van der Waals surface area contributed by atoms with Crippen molar-refractivity contribution in [3.05, 3.63) is 11.1 Å². The molecule has 0 saturated heterocycles. The molecular weight excluding hydrogens is 156 g/mol. The lowest BCUT2D eigenvalue weighted by Crippen LogP contribution is -1.89. The lowest BCUT2D eigenvalue weighted by Gasteiger charge is -1.96. The Kier molecular flexibility index (Phi) is 0.959. The molecule has 70 valence electrons. The summed E-state index contributed by atoms with van der Waals surface area (Å²) in [6.45, 7) is 7.22. The van der Waals surface area contributed by atoms with Gasteiger partial charge in [-0.25, -0.2) is 0 Å². The molecule has 4 aliphatic rings. The molecule has 0 aromatic rings. The van der Waals surface area contributed by atoms with Crippen LogP contribution < -0.4 is 0 Å². The van der Waals surface area contributed by atoms with Crippen molar-refractivity contribution in [2.45, 2.75) is 27.2 Å². The molecule has 0 nitrogen and oxygen atoms in total. The molecule has 7 unspecified atom stereocenters. The second kappa shape index (κ2) is 1.76. The predicted molar refractivity (Wildman–Crippen MR) is 53.1 cm³/mol. The van der Waals surface area contributed by atoms with Crippen LogP contribution in [0.4, 0.5) is 0 Å². The first-order valence-electron chi connectivity index (χ1n) is 5.92. The van der Waals surface area contributed by atoms with E-state index in [4.69, 9.17) is 0 Å². The molecule has 0 amide bonds. The minimum Gasteiger partial charge on any atom is -0.0663 e. The molecule has 0 aromatic carbocycles. The number of fused-ring (bicyclic) bond motifs is 3. The Balaban J connectivity index is 1.58. The van der Waals surface area contributed by atoms with E-state index in [0.29, 0.717) is 0 Å². The molecular formula is C13H18. The molecule has 0 heterocycles. The topological polar surface area (TPSA) is 0 Å². The fourth-order valence-corrected chi connectivity index (χ4v) is 4.63. The first-order chi connectivity index (χ1) is 6.22. The number of rotatable bonds is 1. The van der Waals surface area contributed by atoms with Gasteiger partial charge >= 0.3 is 0 Å². The van der Waals surface area contributed by atoms with Gasteiger partial charge < -0.3 is 0 Å². The van der Waals surface area contributed by atoms with Crippen molar-refractivity contribution in [1.82, 2.24) is 0 Å². The van der Waals surface area contributed by atoms with Gasteiger partial charge in [0.05, 0.1) is 0 Å². The smallest absolute Gasteiger partial charge is 0.00154 e. The fraction of sp³-hybridized carbons (Fsp3) is 0.846. The maximum absolute atomic E-state index is 2.47. The van der Waals surface area contributed by atoms with Gasteiger partial charge in [0.1, 0.15) is 0 Å². The van der Waals surface area contributed by atoms with Crippen LogP contribution in [0.5, 0.6) is 0 Å². The van der Waals surface area contributed by atoms with Gasteiger partial charge in [-0.05, 0) is 54.8 Å². The SMILES string of the molecule is CC1=C(C2C3CC4C(C)C4C32)C1C. The molecule has 0 N–H and O–H groups in total. The van der Waals surface area contributed by atoms with E-state index >= 15 is 0 Å². The molecule has 0 spiro atoms. The zero-order valence-corrected chi connectivity index (χ0v) is 8.75. The Morgan fingerprint density at radius 2 is 1.77 bits per heavy atom. The van der Waals surface area contributed by atoms with Gasteiger partial charge in [0.25, 0.3) is 0 Å². The third-order valence-corrected chi connectivity index (χ3v) is 5.70. The van der Waals surface area contributed by atoms with Crippen LogP contribution in [-0.2, 0) is 0 Å². The van der Waals surface area contributed by atoms with E-state index in [2.05, 4.69) is 20.8 Å². The predicted octanol–water partition coefficient (Wildman–Crippen LogP) is 3.10. The maximum Gasteiger partial charge on any atom is -0.00154 e. The van der Waals surface area contributed by atoms with Crippen molar-refractivity contribution in [2.75, 3.05) is 0 Å². The number of hydrogen-bond donors (Lipinski definition) is 0. The maximum atomic E-state index is 2.47. The highest BCUT2D eigenvalue weighted by Crippen LogP contribution is 2.78. The van der Waals surface area contributed by atoms with Crippen molar-refractivity contribution in [2.24, 2.45) is 41.4 Å². The highest BCUT2D eigenvalue weighted by molar-refractivity contribution is 5.46. The minimum absolute atomic E-state index is 0.906. The van der Waals surface area contributed by atoms with Crippen LogP contribution in [0.3, 0.4) is 0 Å². The summed E-state index contributed by atoms with van der Waals surface area (Å²) in [5.41, 5.74) is 3.62. The summed E-state index contributed by atoms with van der Waals surface area (Å²) in [6.07, 6.45) is 1.59. The Hall–Kier alpha value is -0.260. The third kappa shape index (κ3) is 0.639. The standard InChI is InChI=1S/C13H18/c1-5-6(2)10(5)12-9-4-8-7(3)11(8)13(9)12/h5,7-9,11-13H,4H2,1-3H3. The largest absolute Gasteiger partial charge is 0.0663 e. The van der Waals surface area contributed by atoms with Crippen molar-refractivity contribution in [1.29, 1.82) is 0 Å². The highest BCUT2D eigenvalue weighted by Gasteiger charge is 2.73. The monoisotopic (exact) mass is 174 g/mol. The normalized spacial score (nSPS) is 66.2. The van der Waals surface area contributed by atoms with Crippen LogP contribution in [0.25, 0.3) is 0 Å². The zero-order valence-electron chi connectivity index (χ0n) is 8.75. The lowest BCUT2D eigenvalue weighted by molar-refractivity contribution is 0.600. The number of hydrogen-bond acceptors (Lipinski definition) is 0. The van der Waals surface area contributed by atoms with Crippen molar-refractivity contribution < 1.29 is 0 Å². The Bertz CT molecular complexity index is 325.